The number of nitrogens with one attached hydrogen (secondary N) is 1. The van der Waals surface area contributed by atoms with Gasteiger partial charge in [-0.3, -0.25) is 4.79 Å². The van der Waals surface area contributed by atoms with E-state index < -0.39 is 10.0 Å². The second-order valence-corrected chi connectivity index (χ2v) is 8.77. The summed E-state index contributed by atoms with van der Waals surface area (Å²) in [6.45, 7) is 5.67. The van der Waals surface area contributed by atoms with Crippen LogP contribution < -0.4 is 5.32 Å². The molecule has 0 radical (unpaired) electrons. The first kappa shape index (κ1) is 21.2. The molecule has 2 fully saturated rings. The maximum absolute atomic E-state index is 12.8. The largest absolute Gasteiger partial charge is 0.337 e. The van der Waals surface area contributed by atoms with Gasteiger partial charge in [0.25, 0.3) is 5.91 Å². The lowest BCUT2D eigenvalue weighted by Gasteiger charge is -2.32. The van der Waals surface area contributed by atoms with Crippen LogP contribution in [0.15, 0.2) is 29.2 Å². The zero-order chi connectivity index (χ0) is 17.9. The SMILES string of the molecule is CC1CCCCN1S(=O)(=O)c1ccc(C(=O)N2CCCNCC2)cc1.Cl. The Bertz CT molecular complexity index is 701. The van der Waals surface area contributed by atoms with E-state index in [0.717, 1.165) is 45.3 Å². The van der Waals surface area contributed by atoms with Crippen LogP contribution in [0.25, 0.3) is 0 Å². The molecule has 146 valence electrons. The molecule has 2 aliphatic heterocycles. The number of benzene rings is 1. The summed E-state index contributed by atoms with van der Waals surface area (Å²) in [7, 11) is -3.49. The van der Waals surface area contributed by atoms with Crippen LogP contribution in [0.3, 0.4) is 0 Å². The third-order valence-corrected chi connectivity index (χ3v) is 7.10. The quantitative estimate of drug-likeness (QED) is 0.842. The van der Waals surface area contributed by atoms with Crippen LogP contribution in [0.5, 0.6) is 0 Å². The molecule has 1 unspecified atom stereocenters. The minimum absolute atomic E-state index is 0. The summed E-state index contributed by atoms with van der Waals surface area (Å²) in [5.74, 6) is -0.0287. The van der Waals surface area contributed by atoms with E-state index in [0.29, 0.717) is 18.7 Å². The first-order chi connectivity index (χ1) is 12.0. The van der Waals surface area contributed by atoms with Crippen LogP contribution in [0.2, 0.25) is 0 Å². The van der Waals surface area contributed by atoms with Crippen molar-refractivity contribution < 1.29 is 13.2 Å². The standard InChI is InChI=1S/C18H27N3O3S.ClH/c1-15-5-2-3-13-21(15)25(23,24)17-8-6-16(7-9-17)18(22)20-12-4-10-19-11-14-20;/h6-9,15,19H,2-5,10-14H2,1H3;1H. The molecule has 0 aromatic heterocycles. The van der Waals surface area contributed by atoms with Crippen molar-refractivity contribution in [1.82, 2.24) is 14.5 Å². The second kappa shape index (κ2) is 9.17. The lowest BCUT2D eigenvalue weighted by atomic mass is 10.1. The Balaban J connectivity index is 0.00000243. The third-order valence-electron chi connectivity index (χ3n) is 5.08. The highest BCUT2D eigenvalue weighted by Crippen LogP contribution is 2.25. The third kappa shape index (κ3) is 4.57. The fraction of sp³-hybridized carbons (Fsp3) is 0.611. The van der Waals surface area contributed by atoms with Crippen molar-refractivity contribution in [1.29, 1.82) is 0 Å². The van der Waals surface area contributed by atoms with Gasteiger partial charge in [0.1, 0.15) is 0 Å². The zero-order valence-electron chi connectivity index (χ0n) is 15.2. The van der Waals surface area contributed by atoms with Gasteiger partial charge >= 0.3 is 0 Å². The molecule has 2 saturated heterocycles. The summed E-state index contributed by atoms with van der Waals surface area (Å²) in [6.07, 6.45) is 3.82. The van der Waals surface area contributed by atoms with Crippen LogP contribution in [0, 0.1) is 0 Å². The van der Waals surface area contributed by atoms with Crippen LogP contribution >= 0.6 is 12.4 Å². The molecule has 1 aromatic carbocycles. The number of nitrogens with zero attached hydrogens (tertiary/aromatic N) is 2. The van der Waals surface area contributed by atoms with Crippen LogP contribution in [-0.2, 0) is 10.0 Å². The molecule has 6 nitrogen and oxygen atoms in total. The van der Waals surface area contributed by atoms with E-state index in [1.165, 1.54) is 0 Å². The van der Waals surface area contributed by atoms with Gasteiger partial charge in [0.15, 0.2) is 0 Å². The number of carbonyl (C=O) groups excluding carboxylic acids is 1. The monoisotopic (exact) mass is 401 g/mol. The molecule has 0 bridgehead atoms. The van der Waals surface area contributed by atoms with Gasteiger partial charge in [0.05, 0.1) is 4.90 Å². The van der Waals surface area contributed by atoms with Gasteiger partial charge in [0, 0.05) is 37.8 Å². The molecule has 8 heteroatoms. The van der Waals surface area contributed by atoms with Gasteiger partial charge in [-0.2, -0.15) is 4.31 Å². The molecule has 1 atom stereocenters. The Morgan fingerprint density at radius 3 is 2.46 bits per heavy atom. The van der Waals surface area contributed by atoms with E-state index in [1.54, 1.807) is 28.6 Å². The van der Waals surface area contributed by atoms with Crippen LogP contribution in [-0.4, -0.2) is 62.3 Å². The Morgan fingerprint density at radius 2 is 1.77 bits per heavy atom. The molecule has 26 heavy (non-hydrogen) atoms. The molecule has 1 N–H and O–H groups in total. The number of sulfonamides is 1. The molecular weight excluding hydrogens is 374 g/mol. The minimum Gasteiger partial charge on any atom is -0.337 e. The summed E-state index contributed by atoms with van der Waals surface area (Å²) in [5, 5.41) is 3.27. The number of piperidine rings is 1. The fourth-order valence-electron chi connectivity index (χ4n) is 3.57. The van der Waals surface area contributed by atoms with Crippen molar-refractivity contribution in [2.45, 2.75) is 43.5 Å². The second-order valence-electron chi connectivity index (χ2n) is 6.88. The van der Waals surface area contributed by atoms with Gasteiger partial charge in [0.2, 0.25) is 10.0 Å². The van der Waals surface area contributed by atoms with E-state index in [-0.39, 0.29) is 29.3 Å². The Hall–Kier alpha value is -1.15. The van der Waals surface area contributed by atoms with Crippen molar-refractivity contribution in [2.75, 3.05) is 32.7 Å². The van der Waals surface area contributed by atoms with E-state index in [4.69, 9.17) is 0 Å². The van der Waals surface area contributed by atoms with Crippen molar-refractivity contribution in [2.24, 2.45) is 0 Å². The predicted molar refractivity (Wildman–Crippen MR) is 104 cm³/mol. The molecule has 1 aromatic rings. The molecule has 2 aliphatic rings. The summed E-state index contributed by atoms with van der Waals surface area (Å²) in [5.41, 5.74) is 0.549. The molecule has 3 rings (SSSR count). The Labute approximate surface area is 162 Å². The molecule has 2 heterocycles. The summed E-state index contributed by atoms with van der Waals surface area (Å²) < 4.78 is 27.3. The van der Waals surface area contributed by atoms with Gasteiger partial charge in [-0.25, -0.2) is 8.42 Å². The molecule has 1 amide bonds. The first-order valence-electron chi connectivity index (χ1n) is 9.12. The molecule has 0 saturated carbocycles. The number of hydrogen-bond donors (Lipinski definition) is 1. The minimum atomic E-state index is -3.49. The lowest BCUT2D eigenvalue weighted by Crippen LogP contribution is -2.41. The van der Waals surface area contributed by atoms with Gasteiger partial charge in [-0.15, -0.1) is 12.4 Å². The molecular formula is C18H28ClN3O3S. The van der Waals surface area contributed by atoms with Gasteiger partial charge in [-0.05, 0) is 57.0 Å². The number of halogens is 1. The van der Waals surface area contributed by atoms with E-state index >= 15 is 0 Å². The average Bonchev–Trinajstić information content (AvgIpc) is 2.91. The zero-order valence-corrected chi connectivity index (χ0v) is 16.8. The molecule has 0 aliphatic carbocycles. The average molecular weight is 402 g/mol. The van der Waals surface area contributed by atoms with Crippen molar-refractivity contribution >= 4 is 28.3 Å². The van der Waals surface area contributed by atoms with E-state index in [9.17, 15) is 13.2 Å². The maximum Gasteiger partial charge on any atom is 0.253 e. The van der Waals surface area contributed by atoms with E-state index in [2.05, 4.69) is 5.32 Å². The van der Waals surface area contributed by atoms with Crippen LogP contribution in [0.4, 0.5) is 0 Å². The maximum atomic E-state index is 12.8. The normalized spacial score (nSPS) is 22.3. The smallest absolute Gasteiger partial charge is 0.253 e. The van der Waals surface area contributed by atoms with Gasteiger partial charge in [-0.1, -0.05) is 6.42 Å². The van der Waals surface area contributed by atoms with Crippen LogP contribution in [0.1, 0.15) is 43.0 Å². The number of rotatable bonds is 3. The van der Waals surface area contributed by atoms with Gasteiger partial charge < -0.3 is 10.2 Å². The number of amides is 1. The molecule has 0 spiro atoms. The fourth-order valence-corrected chi connectivity index (χ4v) is 5.26. The van der Waals surface area contributed by atoms with Crippen molar-refractivity contribution in [3.8, 4) is 0 Å². The Morgan fingerprint density at radius 1 is 1.04 bits per heavy atom. The summed E-state index contributed by atoms with van der Waals surface area (Å²) in [6, 6.07) is 6.45. The highest BCUT2D eigenvalue weighted by atomic mass is 35.5. The topological polar surface area (TPSA) is 69.7 Å². The van der Waals surface area contributed by atoms with E-state index in [1.807, 2.05) is 11.8 Å². The first-order valence-corrected chi connectivity index (χ1v) is 10.6. The number of hydrogen-bond acceptors (Lipinski definition) is 4. The summed E-state index contributed by atoms with van der Waals surface area (Å²) >= 11 is 0. The Kier molecular flexibility index (Phi) is 7.46. The number of carbonyl (C=O) groups is 1. The predicted octanol–water partition coefficient (Wildman–Crippen LogP) is 2.11. The summed E-state index contributed by atoms with van der Waals surface area (Å²) in [4.78, 5) is 14.7. The van der Waals surface area contributed by atoms with Crippen molar-refractivity contribution in [3.05, 3.63) is 29.8 Å². The highest BCUT2D eigenvalue weighted by molar-refractivity contribution is 7.89. The van der Waals surface area contributed by atoms with Crippen molar-refractivity contribution in [3.63, 3.8) is 0 Å². The highest BCUT2D eigenvalue weighted by Gasteiger charge is 2.31. The lowest BCUT2D eigenvalue weighted by molar-refractivity contribution is 0.0766.